The summed E-state index contributed by atoms with van der Waals surface area (Å²) in [6.07, 6.45) is 0.577. The Morgan fingerprint density at radius 2 is 1.68 bits per heavy atom. The van der Waals surface area contributed by atoms with Crippen molar-refractivity contribution >= 4 is 40.0 Å². The normalized spacial score (nSPS) is 10.7. The van der Waals surface area contributed by atoms with E-state index in [-0.39, 0.29) is 11.0 Å². The number of thiocarbonyl (C=S) groups is 1. The maximum Gasteiger partial charge on any atom is 0.257 e. The SMILES string of the molecule is COc1ccc(C(=O)NC(=S)Nc2ccc(Cc3nc4cc(C)c(C)cc4o3)cc2)cc1OC. The predicted molar refractivity (Wildman–Crippen MR) is 136 cm³/mol. The number of hydrogen-bond donors (Lipinski definition) is 2. The predicted octanol–water partition coefficient (Wildman–Crippen LogP) is 5.18. The molecule has 0 saturated heterocycles. The number of oxazole rings is 1. The van der Waals surface area contributed by atoms with Crippen LogP contribution in [0.3, 0.4) is 0 Å². The van der Waals surface area contributed by atoms with Crippen LogP contribution >= 0.6 is 12.2 Å². The Morgan fingerprint density at radius 1 is 0.971 bits per heavy atom. The van der Waals surface area contributed by atoms with Crippen molar-refractivity contribution < 1.29 is 18.7 Å². The lowest BCUT2D eigenvalue weighted by molar-refractivity contribution is 0.0977. The molecule has 2 N–H and O–H groups in total. The zero-order valence-electron chi connectivity index (χ0n) is 19.4. The van der Waals surface area contributed by atoms with E-state index in [4.69, 9.17) is 26.1 Å². The van der Waals surface area contributed by atoms with E-state index in [0.29, 0.717) is 29.4 Å². The second-order valence-electron chi connectivity index (χ2n) is 7.86. The molecule has 4 rings (SSSR count). The molecule has 0 aliphatic carbocycles. The monoisotopic (exact) mass is 475 g/mol. The van der Waals surface area contributed by atoms with Gasteiger partial charge in [-0.3, -0.25) is 10.1 Å². The highest BCUT2D eigenvalue weighted by atomic mass is 32.1. The first kappa shape index (κ1) is 23.3. The molecule has 0 fully saturated rings. The standard InChI is InChI=1S/C26H25N3O4S/c1-15-11-20-22(12-16(15)2)33-24(28-20)13-17-5-8-19(9-6-17)27-26(34)29-25(30)18-7-10-21(31-3)23(14-18)32-4/h5-12,14H,13H2,1-4H3,(H2,27,29,30,34). The molecular formula is C26H25N3O4S. The molecule has 34 heavy (non-hydrogen) atoms. The van der Waals surface area contributed by atoms with Crippen molar-refractivity contribution in [2.24, 2.45) is 0 Å². The third-order valence-electron chi connectivity index (χ3n) is 5.49. The van der Waals surface area contributed by atoms with Crippen molar-refractivity contribution in [2.45, 2.75) is 20.3 Å². The summed E-state index contributed by atoms with van der Waals surface area (Å²) < 4.78 is 16.3. The molecule has 174 valence electrons. The molecular weight excluding hydrogens is 450 g/mol. The van der Waals surface area contributed by atoms with Crippen molar-refractivity contribution in [3.63, 3.8) is 0 Å². The molecule has 0 aliphatic heterocycles. The lowest BCUT2D eigenvalue weighted by Gasteiger charge is -2.12. The van der Waals surface area contributed by atoms with Crippen molar-refractivity contribution in [2.75, 3.05) is 19.5 Å². The molecule has 0 aliphatic rings. The summed E-state index contributed by atoms with van der Waals surface area (Å²) in [5.41, 5.74) is 6.24. The number of carbonyl (C=O) groups is 1. The van der Waals surface area contributed by atoms with Gasteiger partial charge in [0.25, 0.3) is 5.91 Å². The topological polar surface area (TPSA) is 85.6 Å². The van der Waals surface area contributed by atoms with Crippen LogP contribution in [-0.4, -0.2) is 30.2 Å². The van der Waals surface area contributed by atoms with Crippen LogP contribution in [0.15, 0.2) is 59.0 Å². The van der Waals surface area contributed by atoms with Gasteiger partial charge in [-0.15, -0.1) is 0 Å². The fourth-order valence-electron chi connectivity index (χ4n) is 3.50. The summed E-state index contributed by atoms with van der Waals surface area (Å²) in [5.74, 6) is 1.33. The molecule has 1 heterocycles. The van der Waals surface area contributed by atoms with Gasteiger partial charge in [0.05, 0.1) is 14.2 Å². The van der Waals surface area contributed by atoms with Crippen LogP contribution in [0.4, 0.5) is 5.69 Å². The Labute approximate surface area is 203 Å². The minimum atomic E-state index is -0.350. The number of nitrogens with one attached hydrogen (secondary N) is 2. The smallest absolute Gasteiger partial charge is 0.257 e. The van der Waals surface area contributed by atoms with Gasteiger partial charge in [0.2, 0.25) is 0 Å². The summed E-state index contributed by atoms with van der Waals surface area (Å²) in [6.45, 7) is 4.12. The highest BCUT2D eigenvalue weighted by molar-refractivity contribution is 7.80. The maximum atomic E-state index is 12.5. The summed E-state index contributed by atoms with van der Waals surface area (Å²) in [7, 11) is 3.05. The van der Waals surface area contributed by atoms with Crippen molar-refractivity contribution in [3.8, 4) is 11.5 Å². The summed E-state index contributed by atoms with van der Waals surface area (Å²) in [6, 6.07) is 16.7. The molecule has 0 saturated carbocycles. The molecule has 3 aromatic carbocycles. The van der Waals surface area contributed by atoms with Crippen LogP contribution in [0.25, 0.3) is 11.1 Å². The first-order valence-corrected chi connectivity index (χ1v) is 11.1. The van der Waals surface area contributed by atoms with Crippen LogP contribution in [0.5, 0.6) is 11.5 Å². The molecule has 8 heteroatoms. The van der Waals surface area contributed by atoms with E-state index in [0.717, 1.165) is 22.4 Å². The van der Waals surface area contributed by atoms with Gasteiger partial charge >= 0.3 is 0 Å². The summed E-state index contributed by atoms with van der Waals surface area (Å²) in [5, 5.41) is 5.89. The third-order valence-corrected chi connectivity index (χ3v) is 5.69. The number of benzene rings is 3. The quantitative estimate of drug-likeness (QED) is 0.372. The average Bonchev–Trinajstić information content (AvgIpc) is 3.20. The zero-order chi connectivity index (χ0) is 24.2. The number of amides is 1. The fraction of sp³-hybridized carbons (Fsp3) is 0.192. The molecule has 1 aromatic heterocycles. The zero-order valence-corrected chi connectivity index (χ0v) is 20.2. The van der Waals surface area contributed by atoms with E-state index in [2.05, 4.69) is 29.5 Å². The largest absolute Gasteiger partial charge is 0.493 e. The van der Waals surface area contributed by atoms with E-state index in [1.54, 1.807) is 18.2 Å². The maximum absolute atomic E-state index is 12.5. The molecule has 0 radical (unpaired) electrons. The molecule has 0 unspecified atom stereocenters. The van der Waals surface area contributed by atoms with Gasteiger partial charge in [-0.25, -0.2) is 4.98 Å². The van der Waals surface area contributed by atoms with Gasteiger partial charge in [-0.1, -0.05) is 12.1 Å². The molecule has 0 atom stereocenters. The number of ether oxygens (including phenoxy) is 2. The molecule has 7 nitrogen and oxygen atoms in total. The number of carbonyl (C=O) groups excluding carboxylic acids is 1. The van der Waals surface area contributed by atoms with Gasteiger partial charge in [0, 0.05) is 17.7 Å². The van der Waals surface area contributed by atoms with E-state index in [9.17, 15) is 4.79 Å². The highest BCUT2D eigenvalue weighted by Crippen LogP contribution is 2.27. The average molecular weight is 476 g/mol. The van der Waals surface area contributed by atoms with Gasteiger partial charge < -0.3 is 19.2 Å². The number of nitrogens with zero attached hydrogens (tertiary/aromatic N) is 1. The Hall–Kier alpha value is -3.91. The number of aryl methyl sites for hydroxylation is 2. The van der Waals surface area contributed by atoms with Crippen molar-refractivity contribution in [1.29, 1.82) is 0 Å². The van der Waals surface area contributed by atoms with Crippen molar-refractivity contribution in [3.05, 3.63) is 82.7 Å². The second-order valence-corrected chi connectivity index (χ2v) is 8.27. The van der Waals surface area contributed by atoms with E-state index in [1.165, 1.54) is 25.3 Å². The number of rotatable bonds is 6. The number of methoxy groups -OCH3 is 2. The van der Waals surface area contributed by atoms with Crippen LogP contribution in [0.1, 0.15) is 32.9 Å². The number of hydrogen-bond acceptors (Lipinski definition) is 6. The Morgan fingerprint density at radius 3 is 2.38 bits per heavy atom. The van der Waals surface area contributed by atoms with E-state index < -0.39 is 0 Å². The third kappa shape index (κ3) is 5.18. The number of aromatic nitrogens is 1. The first-order chi connectivity index (χ1) is 16.4. The van der Waals surface area contributed by atoms with Gasteiger partial charge in [-0.05, 0) is 85.2 Å². The van der Waals surface area contributed by atoms with Crippen LogP contribution in [0, 0.1) is 13.8 Å². The molecule has 0 bridgehead atoms. The lowest BCUT2D eigenvalue weighted by atomic mass is 10.1. The molecule has 1 amide bonds. The van der Waals surface area contributed by atoms with E-state index in [1.807, 2.05) is 36.4 Å². The summed E-state index contributed by atoms with van der Waals surface area (Å²) >= 11 is 5.29. The Balaban J connectivity index is 1.37. The second kappa shape index (κ2) is 9.93. The van der Waals surface area contributed by atoms with E-state index >= 15 is 0 Å². The van der Waals surface area contributed by atoms with Crippen LogP contribution in [-0.2, 0) is 6.42 Å². The minimum absolute atomic E-state index is 0.192. The molecule has 4 aromatic rings. The Kier molecular flexibility index (Phi) is 6.79. The van der Waals surface area contributed by atoms with Crippen molar-refractivity contribution in [1.82, 2.24) is 10.3 Å². The summed E-state index contributed by atoms with van der Waals surface area (Å²) in [4.78, 5) is 17.1. The van der Waals surface area contributed by atoms with Gasteiger partial charge in [0.15, 0.2) is 28.1 Å². The number of anilines is 1. The minimum Gasteiger partial charge on any atom is -0.493 e. The number of fused-ring (bicyclic) bond motifs is 1. The fourth-order valence-corrected chi connectivity index (χ4v) is 3.71. The highest BCUT2D eigenvalue weighted by Gasteiger charge is 2.13. The van der Waals surface area contributed by atoms with Crippen LogP contribution < -0.4 is 20.1 Å². The molecule has 0 spiro atoms. The van der Waals surface area contributed by atoms with Gasteiger partial charge in [0.1, 0.15) is 5.52 Å². The Bertz CT molecular complexity index is 1320. The first-order valence-electron chi connectivity index (χ1n) is 10.7. The van der Waals surface area contributed by atoms with Crippen LogP contribution in [0.2, 0.25) is 0 Å². The lowest BCUT2D eigenvalue weighted by Crippen LogP contribution is -2.34. The van der Waals surface area contributed by atoms with Gasteiger partial charge in [-0.2, -0.15) is 0 Å².